The number of halogens is 1. The van der Waals surface area contributed by atoms with Crippen LogP contribution in [0.2, 0.25) is 5.02 Å². The van der Waals surface area contributed by atoms with Gasteiger partial charge in [0.05, 0.1) is 16.8 Å². The van der Waals surface area contributed by atoms with Gasteiger partial charge in [-0.3, -0.25) is 9.59 Å². The maximum atomic E-state index is 12.7. The number of hydrogen-bond donors (Lipinski definition) is 0. The summed E-state index contributed by atoms with van der Waals surface area (Å²) >= 11 is 7.28. The van der Waals surface area contributed by atoms with Gasteiger partial charge in [0.25, 0.3) is 5.91 Å². The number of benzene rings is 3. The van der Waals surface area contributed by atoms with Gasteiger partial charge in [-0.05, 0) is 42.6 Å². The molecule has 0 aliphatic carbocycles. The van der Waals surface area contributed by atoms with Crippen molar-refractivity contribution in [3.8, 4) is 0 Å². The van der Waals surface area contributed by atoms with Crippen molar-refractivity contribution in [1.29, 1.82) is 0 Å². The molecule has 0 spiro atoms. The van der Waals surface area contributed by atoms with Crippen LogP contribution in [0.25, 0.3) is 21.0 Å². The standard InChI is InChI=1S/C22H17ClN2O3S/c1-2-28-19(26)13-25-18-12-9-14-5-3-4-6-17(14)20(18)29-22(25)24-21(27)15-7-10-16(23)11-8-15/h3-12H,2,13H2,1H3. The zero-order valence-corrected chi connectivity index (χ0v) is 17.2. The number of nitrogens with zero attached hydrogens (tertiary/aromatic N) is 2. The third kappa shape index (κ3) is 3.95. The number of carbonyl (C=O) groups is 2. The highest BCUT2D eigenvalue weighted by Crippen LogP contribution is 2.27. The van der Waals surface area contributed by atoms with Crippen LogP contribution < -0.4 is 4.80 Å². The molecule has 4 rings (SSSR count). The van der Waals surface area contributed by atoms with Crippen molar-refractivity contribution in [2.24, 2.45) is 4.99 Å². The van der Waals surface area contributed by atoms with Crippen LogP contribution in [-0.2, 0) is 16.1 Å². The Bertz CT molecular complexity index is 1290. The molecule has 0 aliphatic rings. The van der Waals surface area contributed by atoms with E-state index in [1.54, 1.807) is 35.8 Å². The van der Waals surface area contributed by atoms with Gasteiger partial charge < -0.3 is 9.30 Å². The Morgan fingerprint density at radius 1 is 1.07 bits per heavy atom. The highest BCUT2D eigenvalue weighted by atomic mass is 35.5. The molecular weight excluding hydrogens is 408 g/mol. The lowest BCUT2D eigenvalue weighted by molar-refractivity contribution is -0.143. The molecule has 1 aromatic heterocycles. The number of carbonyl (C=O) groups excluding carboxylic acids is 2. The van der Waals surface area contributed by atoms with Gasteiger partial charge in [0, 0.05) is 16.0 Å². The van der Waals surface area contributed by atoms with Gasteiger partial charge >= 0.3 is 5.97 Å². The minimum atomic E-state index is -0.393. The van der Waals surface area contributed by atoms with Crippen molar-refractivity contribution in [2.75, 3.05) is 6.61 Å². The molecule has 5 nitrogen and oxygen atoms in total. The highest BCUT2D eigenvalue weighted by Gasteiger charge is 2.14. The fourth-order valence-electron chi connectivity index (χ4n) is 3.12. The van der Waals surface area contributed by atoms with Crippen LogP contribution in [0.5, 0.6) is 0 Å². The molecule has 0 atom stereocenters. The Morgan fingerprint density at radius 3 is 2.59 bits per heavy atom. The Kier molecular flexibility index (Phi) is 5.47. The molecule has 0 N–H and O–H groups in total. The smallest absolute Gasteiger partial charge is 0.326 e. The number of thiazole rings is 1. The van der Waals surface area contributed by atoms with E-state index in [0.717, 1.165) is 21.0 Å². The average molecular weight is 425 g/mol. The number of ether oxygens (including phenoxy) is 1. The maximum absolute atomic E-state index is 12.7. The predicted octanol–water partition coefficient (Wildman–Crippen LogP) is 4.81. The van der Waals surface area contributed by atoms with Crippen LogP contribution in [0.3, 0.4) is 0 Å². The molecule has 0 fully saturated rings. The van der Waals surface area contributed by atoms with E-state index < -0.39 is 5.91 Å². The van der Waals surface area contributed by atoms with E-state index in [9.17, 15) is 9.59 Å². The minimum Gasteiger partial charge on any atom is -0.465 e. The first-order valence-electron chi connectivity index (χ1n) is 9.08. The second-order valence-electron chi connectivity index (χ2n) is 6.33. The van der Waals surface area contributed by atoms with E-state index in [1.807, 2.05) is 36.4 Å². The summed E-state index contributed by atoms with van der Waals surface area (Å²) in [7, 11) is 0. The highest BCUT2D eigenvalue weighted by molar-refractivity contribution is 7.17. The quantitative estimate of drug-likeness (QED) is 0.441. The summed E-state index contributed by atoms with van der Waals surface area (Å²) in [6.45, 7) is 2.04. The van der Waals surface area contributed by atoms with Crippen LogP contribution in [-0.4, -0.2) is 23.1 Å². The van der Waals surface area contributed by atoms with Crippen molar-refractivity contribution >= 4 is 55.8 Å². The molecule has 29 heavy (non-hydrogen) atoms. The number of hydrogen-bond acceptors (Lipinski definition) is 4. The van der Waals surface area contributed by atoms with Crippen molar-refractivity contribution < 1.29 is 14.3 Å². The summed E-state index contributed by atoms with van der Waals surface area (Å²) in [5.74, 6) is -0.768. The van der Waals surface area contributed by atoms with E-state index in [-0.39, 0.29) is 12.5 Å². The Balaban J connectivity index is 1.90. The van der Waals surface area contributed by atoms with Crippen LogP contribution in [0.1, 0.15) is 17.3 Å². The lowest BCUT2D eigenvalue weighted by atomic mass is 10.1. The van der Waals surface area contributed by atoms with Crippen LogP contribution in [0, 0.1) is 0 Å². The van der Waals surface area contributed by atoms with E-state index in [0.29, 0.717) is 22.0 Å². The molecule has 0 unspecified atom stereocenters. The fraction of sp³-hybridized carbons (Fsp3) is 0.136. The normalized spacial score (nSPS) is 11.9. The van der Waals surface area contributed by atoms with Crippen molar-refractivity contribution in [1.82, 2.24) is 4.57 Å². The van der Waals surface area contributed by atoms with Gasteiger partial charge in [0.15, 0.2) is 4.80 Å². The Morgan fingerprint density at radius 2 is 1.83 bits per heavy atom. The summed E-state index contributed by atoms with van der Waals surface area (Å²) in [6, 6.07) is 18.5. The predicted molar refractivity (Wildman–Crippen MR) is 115 cm³/mol. The minimum absolute atomic E-state index is 0.0150. The molecule has 0 saturated carbocycles. The molecule has 0 saturated heterocycles. The monoisotopic (exact) mass is 424 g/mol. The molecule has 3 aromatic carbocycles. The summed E-state index contributed by atoms with van der Waals surface area (Å²) in [5.41, 5.74) is 1.27. The summed E-state index contributed by atoms with van der Waals surface area (Å²) in [6.07, 6.45) is 0. The number of aromatic nitrogens is 1. The molecule has 4 aromatic rings. The summed E-state index contributed by atoms with van der Waals surface area (Å²) in [5, 5.41) is 2.68. The molecule has 7 heteroatoms. The maximum Gasteiger partial charge on any atom is 0.326 e. The van der Waals surface area contributed by atoms with Gasteiger partial charge in [0.1, 0.15) is 6.54 Å². The first-order valence-corrected chi connectivity index (χ1v) is 10.3. The van der Waals surface area contributed by atoms with Crippen LogP contribution in [0.4, 0.5) is 0 Å². The van der Waals surface area contributed by atoms with Crippen LogP contribution >= 0.6 is 22.9 Å². The van der Waals surface area contributed by atoms with Crippen molar-refractivity contribution in [3.63, 3.8) is 0 Å². The zero-order chi connectivity index (χ0) is 20.4. The molecule has 0 aliphatic heterocycles. The molecule has 146 valence electrons. The second-order valence-corrected chi connectivity index (χ2v) is 7.75. The third-order valence-corrected chi connectivity index (χ3v) is 5.83. The van der Waals surface area contributed by atoms with E-state index in [2.05, 4.69) is 4.99 Å². The van der Waals surface area contributed by atoms with E-state index in [4.69, 9.17) is 16.3 Å². The van der Waals surface area contributed by atoms with E-state index in [1.165, 1.54) is 11.3 Å². The molecule has 0 bridgehead atoms. The second kappa shape index (κ2) is 8.19. The topological polar surface area (TPSA) is 60.7 Å². The summed E-state index contributed by atoms with van der Waals surface area (Å²) < 4.78 is 7.82. The number of fused-ring (bicyclic) bond motifs is 3. The molecular formula is C22H17ClN2O3S. The SMILES string of the molecule is CCOC(=O)Cn1c(=NC(=O)c2ccc(Cl)cc2)sc2c3ccccc3ccc21. The molecule has 0 radical (unpaired) electrons. The lowest BCUT2D eigenvalue weighted by Crippen LogP contribution is -2.23. The van der Waals surface area contributed by atoms with E-state index >= 15 is 0 Å². The Hall–Kier alpha value is -2.96. The van der Waals surface area contributed by atoms with Crippen molar-refractivity contribution in [3.05, 3.63) is 76.1 Å². The van der Waals surface area contributed by atoms with Crippen LogP contribution in [0.15, 0.2) is 65.7 Å². The van der Waals surface area contributed by atoms with Crippen molar-refractivity contribution in [2.45, 2.75) is 13.5 Å². The lowest BCUT2D eigenvalue weighted by Gasteiger charge is -2.06. The molecule has 1 amide bonds. The van der Waals surface area contributed by atoms with Gasteiger partial charge in [-0.25, -0.2) is 0 Å². The first kappa shape index (κ1) is 19.4. The van der Waals surface area contributed by atoms with Gasteiger partial charge in [0.2, 0.25) is 0 Å². The number of rotatable bonds is 4. The van der Waals surface area contributed by atoms with Gasteiger partial charge in [-0.15, -0.1) is 0 Å². The molecule has 1 heterocycles. The van der Waals surface area contributed by atoms with Gasteiger partial charge in [-0.1, -0.05) is 53.3 Å². The third-order valence-electron chi connectivity index (χ3n) is 4.45. The van der Waals surface area contributed by atoms with Gasteiger partial charge in [-0.2, -0.15) is 4.99 Å². The number of esters is 1. The Labute approximate surface area is 175 Å². The largest absolute Gasteiger partial charge is 0.465 e. The first-order chi connectivity index (χ1) is 14.1. The zero-order valence-electron chi connectivity index (χ0n) is 15.6. The summed E-state index contributed by atoms with van der Waals surface area (Å²) in [4.78, 5) is 29.6. The average Bonchev–Trinajstić information content (AvgIpc) is 3.06. The fourth-order valence-corrected chi connectivity index (χ4v) is 4.41. The number of amides is 1.